The summed E-state index contributed by atoms with van der Waals surface area (Å²) in [6, 6.07) is 0.547. The highest BCUT2D eigenvalue weighted by molar-refractivity contribution is 5.85. The van der Waals surface area contributed by atoms with Gasteiger partial charge in [-0.1, -0.05) is 34.1 Å². The lowest BCUT2D eigenvalue weighted by Crippen LogP contribution is -2.40. The van der Waals surface area contributed by atoms with Crippen LogP contribution in [0.1, 0.15) is 53.4 Å². The highest BCUT2D eigenvalue weighted by atomic mass is 16.2. The summed E-state index contributed by atoms with van der Waals surface area (Å²) in [7, 11) is 0. The third kappa shape index (κ3) is 1.86. The monoisotopic (exact) mass is 224 g/mol. The first-order chi connectivity index (χ1) is 7.51. The van der Waals surface area contributed by atoms with Crippen LogP contribution in [0.25, 0.3) is 0 Å². The van der Waals surface area contributed by atoms with E-state index in [1.807, 2.05) is 0 Å². The van der Waals surface area contributed by atoms with Crippen LogP contribution in [-0.4, -0.2) is 29.1 Å². The Morgan fingerprint density at radius 1 is 1.44 bits per heavy atom. The van der Waals surface area contributed by atoms with Crippen LogP contribution in [-0.2, 0) is 4.79 Å². The van der Waals surface area contributed by atoms with E-state index in [-0.39, 0.29) is 12.2 Å². The van der Waals surface area contributed by atoms with E-state index in [2.05, 4.69) is 37.9 Å². The standard InChI is InChI=1S/C13H24N2O/c1-5-7-9-12(16)15(11(6-2)14-9)10-8-13(10,3)4/h9-11,14H,5-8H2,1-4H3. The fourth-order valence-electron chi connectivity index (χ4n) is 2.81. The van der Waals surface area contributed by atoms with E-state index in [0.29, 0.717) is 17.4 Å². The van der Waals surface area contributed by atoms with Crippen LogP contribution >= 0.6 is 0 Å². The van der Waals surface area contributed by atoms with Crippen molar-refractivity contribution < 1.29 is 4.79 Å². The lowest BCUT2D eigenvalue weighted by molar-refractivity contribution is -0.131. The Balaban J connectivity index is 2.08. The van der Waals surface area contributed by atoms with Gasteiger partial charge < -0.3 is 4.90 Å². The molecule has 0 radical (unpaired) electrons. The summed E-state index contributed by atoms with van der Waals surface area (Å²) >= 11 is 0. The predicted octanol–water partition coefficient (Wildman–Crippen LogP) is 2.12. The second kappa shape index (κ2) is 4.02. The van der Waals surface area contributed by atoms with Gasteiger partial charge in [-0.2, -0.15) is 0 Å². The molecule has 1 amide bonds. The topological polar surface area (TPSA) is 32.3 Å². The molecule has 3 atom stereocenters. The van der Waals surface area contributed by atoms with E-state index in [1.54, 1.807) is 0 Å². The van der Waals surface area contributed by atoms with Crippen molar-refractivity contribution in [3.05, 3.63) is 0 Å². The second-order valence-corrected chi connectivity index (χ2v) is 5.89. The zero-order valence-corrected chi connectivity index (χ0v) is 10.9. The van der Waals surface area contributed by atoms with Crippen LogP contribution < -0.4 is 5.32 Å². The van der Waals surface area contributed by atoms with E-state index in [4.69, 9.17) is 0 Å². The normalized spacial score (nSPS) is 36.9. The van der Waals surface area contributed by atoms with Gasteiger partial charge in [0.2, 0.25) is 5.91 Å². The minimum Gasteiger partial charge on any atom is -0.322 e. The third-order valence-electron chi connectivity index (χ3n) is 4.04. The van der Waals surface area contributed by atoms with Crippen molar-refractivity contribution in [2.45, 2.75) is 71.6 Å². The van der Waals surface area contributed by atoms with Gasteiger partial charge >= 0.3 is 0 Å². The van der Waals surface area contributed by atoms with E-state index >= 15 is 0 Å². The van der Waals surface area contributed by atoms with E-state index in [1.165, 1.54) is 0 Å². The van der Waals surface area contributed by atoms with E-state index < -0.39 is 0 Å². The average molecular weight is 224 g/mol. The SMILES string of the molecule is CCCC1NC(CC)N(C2CC2(C)C)C1=O. The van der Waals surface area contributed by atoms with E-state index in [0.717, 1.165) is 25.7 Å². The minimum atomic E-state index is 0.0753. The lowest BCUT2D eigenvalue weighted by atomic mass is 10.1. The van der Waals surface area contributed by atoms with Crippen molar-refractivity contribution in [1.29, 1.82) is 0 Å². The molecular weight excluding hydrogens is 200 g/mol. The Morgan fingerprint density at radius 2 is 2.06 bits per heavy atom. The summed E-state index contributed by atoms with van der Waals surface area (Å²) in [6.45, 7) is 8.80. The van der Waals surface area contributed by atoms with Gasteiger partial charge in [0, 0.05) is 6.04 Å². The minimum absolute atomic E-state index is 0.0753. The molecule has 1 aliphatic heterocycles. The number of carbonyl (C=O) groups excluding carboxylic acids is 1. The maximum absolute atomic E-state index is 12.3. The Kier molecular flexibility index (Phi) is 2.99. The fraction of sp³-hybridized carbons (Fsp3) is 0.923. The summed E-state index contributed by atoms with van der Waals surface area (Å²) in [5.41, 5.74) is 0.339. The number of nitrogens with zero attached hydrogens (tertiary/aromatic N) is 1. The molecule has 0 aromatic rings. The third-order valence-corrected chi connectivity index (χ3v) is 4.04. The molecule has 0 spiro atoms. The fourth-order valence-corrected chi connectivity index (χ4v) is 2.81. The zero-order valence-electron chi connectivity index (χ0n) is 10.9. The second-order valence-electron chi connectivity index (χ2n) is 5.89. The van der Waals surface area contributed by atoms with Crippen LogP contribution in [0.2, 0.25) is 0 Å². The quantitative estimate of drug-likeness (QED) is 0.793. The number of hydrogen-bond donors (Lipinski definition) is 1. The predicted molar refractivity (Wildman–Crippen MR) is 64.9 cm³/mol. The van der Waals surface area contributed by atoms with Crippen LogP contribution in [0.5, 0.6) is 0 Å². The Bertz CT molecular complexity index is 288. The van der Waals surface area contributed by atoms with Crippen molar-refractivity contribution in [2.75, 3.05) is 0 Å². The van der Waals surface area contributed by atoms with Gasteiger partial charge in [-0.25, -0.2) is 0 Å². The van der Waals surface area contributed by atoms with Gasteiger partial charge in [-0.15, -0.1) is 0 Å². The molecule has 2 fully saturated rings. The van der Waals surface area contributed by atoms with Gasteiger partial charge in [-0.05, 0) is 24.7 Å². The van der Waals surface area contributed by atoms with Crippen molar-refractivity contribution in [3.8, 4) is 0 Å². The van der Waals surface area contributed by atoms with E-state index in [9.17, 15) is 4.79 Å². The molecule has 3 unspecified atom stereocenters. The van der Waals surface area contributed by atoms with Gasteiger partial charge in [0.25, 0.3) is 0 Å². The van der Waals surface area contributed by atoms with Gasteiger partial charge in [0.15, 0.2) is 0 Å². The number of hydrogen-bond acceptors (Lipinski definition) is 2. The molecule has 1 saturated heterocycles. The number of nitrogens with one attached hydrogen (secondary N) is 1. The molecule has 92 valence electrons. The maximum atomic E-state index is 12.3. The van der Waals surface area contributed by atoms with Gasteiger partial charge in [0.05, 0.1) is 12.2 Å². The molecule has 2 rings (SSSR count). The van der Waals surface area contributed by atoms with Crippen LogP contribution in [0.3, 0.4) is 0 Å². The maximum Gasteiger partial charge on any atom is 0.241 e. The summed E-state index contributed by atoms with van der Waals surface area (Å²) in [6.07, 6.45) is 4.49. The Morgan fingerprint density at radius 3 is 2.50 bits per heavy atom. The van der Waals surface area contributed by atoms with Gasteiger partial charge in [0.1, 0.15) is 0 Å². The summed E-state index contributed by atoms with van der Waals surface area (Å²) in [5, 5.41) is 3.48. The first-order valence-electron chi connectivity index (χ1n) is 6.59. The summed E-state index contributed by atoms with van der Waals surface area (Å²) < 4.78 is 0. The van der Waals surface area contributed by atoms with Gasteiger partial charge in [-0.3, -0.25) is 10.1 Å². The number of amides is 1. The van der Waals surface area contributed by atoms with Crippen LogP contribution in [0.15, 0.2) is 0 Å². The van der Waals surface area contributed by atoms with Crippen molar-refractivity contribution in [2.24, 2.45) is 5.41 Å². The van der Waals surface area contributed by atoms with Crippen molar-refractivity contribution >= 4 is 5.91 Å². The molecule has 1 N–H and O–H groups in total. The molecule has 0 bridgehead atoms. The molecule has 2 aliphatic rings. The molecule has 1 saturated carbocycles. The molecule has 1 aliphatic carbocycles. The Hall–Kier alpha value is -0.570. The lowest BCUT2D eigenvalue weighted by Gasteiger charge is -2.24. The molecule has 3 nitrogen and oxygen atoms in total. The van der Waals surface area contributed by atoms with Crippen LogP contribution in [0, 0.1) is 5.41 Å². The molecule has 0 aromatic carbocycles. The van der Waals surface area contributed by atoms with Crippen LogP contribution in [0.4, 0.5) is 0 Å². The Labute approximate surface area is 98.6 Å². The van der Waals surface area contributed by atoms with Crippen molar-refractivity contribution in [1.82, 2.24) is 10.2 Å². The largest absolute Gasteiger partial charge is 0.322 e. The number of carbonyl (C=O) groups is 1. The summed E-state index contributed by atoms with van der Waals surface area (Å²) in [5.74, 6) is 0.337. The first-order valence-corrected chi connectivity index (χ1v) is 6.59. The molecular formula is C13H24N2O. The first kappa shape index (κ1) is 11.9. The highest BCUT2D eigenvalue weighted by Gasteiger charge is 2.55. The highest BCUT2D eigenvalue weighted by Crippen LogP contribution is 2.50. The smallest absolute Gasteiger partial charge is 0.241 e. The molecule has 3 heteroatoms. The molecule has 1 heterocycles. The number of rotatable bonds is 4. The average Bonchev–Trinajstić information content (AvgIpc) is 2.72. The van der Waals surface area contributed by atoms with Crippen molar-refractivity contribution in [3.63, 3.8) is 0 Å². The summed E-state index contributed by atoms with van der Waals surface area (Å²) in [4.78, 5) is 14.4. The molecule has 16 heavy (non-hydrogen) atoms. The molecule has 0 aromatic heterocycles. The zero-order chi connectivity index (χ0) is 11.9.